The van der Waals surface area contributed by atoms with Crippen molar-refractivity contribution in [1.82, 2.24) is 15.2 Å². The molecule has 4 heteroatoms. The zero-order valence-corrected chi connectivity index (χ0v) is 11.4. The molecule has 96 valence electrons. The van der Waals surface area contributed by atoms with E-state index in [1.807, 2.05) is 24.7 Å². The normalized spacial score (nSPS) is 13.3. The zero-order chi connectivity index (χ0) is 13.2. The van der Waals surface area contributed by atoms with Crippen LogP contribution in [0.5, 0.6) is 0 Å². The van der Waals surface area contributed by atoms with E-state index in [2.05, 4.69) is 54.3 Å². The highest BCUT2D eigenvalue weighted by molar-refractivity contribution is 5.39. The molecule has 0 aliphatic carbocycles. The largest absolute Gasteiger partial charge is 0.363 e. The summed E-state index contributed by atoms with van der Waals surface area (Å²) in [6.07, 6.45) is 5.65. The Labute approximate surface area is 108 Å². The Morgan fingerprint density at radius 1 is 1.22 bits per heavy atom. The van der Waals surface area contributed by atoms with Gasteiger partial charge in [-0.2, -0.15) is 5.10 Å². The highest BCUT2D eigenvalue weighted by Crippen LogP contribution is 2.23. The summed E-state index contributed by atoms with van der Waals surface area (Å²) in [5, 5.41) is 10.1. The van der Waals surface area contributed by atoms with Gasteiger partial charge in [-0.05, 0) is 24.0 Å². The van der Waals surface area contributed by atoms with Crippen molar-refractivity contribution in [2.45, 2.75) is 39.2 Å². The van der Waals surface area contributed by atoms with Crippen molar-refractivity contribution in [3.05, 3.63) is 41.9 Å². The third-order valence-corrected chi connectivity index (χ3v) is 3.01. The van der Waals surface area contributed by atoms with Gasteiger partial charge in [0, 0.05) is 18.0 Å². The first-order valence-electron chi connectivity index (χ1n) is 6.18. The van der Waals surface area contributed by atoms with E-state index in [1.54, 1.807) is 0 Å². The van der Waals surface area contributed by atoms with Gasteiger partial charge in [-0.1, -0.05) is 26.8 Å². The second-order valence-electron chi connectivity index (χ2n) is 5.58. The summed E-state index contributed by atoms with van der Waals surface area (Å²) in [4.78, 5) is 4.45. The van der Waals surface area contributed by atoms with Crippen LogP contribution in [0, 0.1) is 0 Å². The van der Waals surface area contributed by atoms with E-state index < -0.39 is 0 Å². The van der Waals surface area contributed by atoms with Crippen LogP contribution in [0.2, 0.25) is 0 Å². The van der Waals surface area contributed by atoms with Gasteiger partial charge in [0.15, 0.2) is 0 Å². The van der Waals surface area contributed by atoms with Crippen molar-refractivity contribution in [2.24, 2.45) is 0 Å². The van der Waals surface area contributed by atoms with Crippen LogP contribution in [-0.4, -0.2) is 15.2 Å². The molecule has 2 rings (SSSR count). The van der Waals surface area contributed by atoms with Gasteiger partial charge in [0.2, 0.25) is 0 Å². The molecule has 0 saturated heterocycles. The van der Waals surface area contributed by atoms with Gasteiger partial charge in [-0.3, -0.25) is 5.10 Å². The Kier molecular flexibility index (Phi) is 3.36. The van der Waals surface area contributed by atoms with E-state index in [9.17, 15) is 0 Å². The van der Waals surface area contributed by atoms with E-state index >= 15 is 0 Å². The van der Waals surface area contributed by atoms with Crippen molar-refractivity contribution in [3.8, 4) is 0 Å². The molecule has 2 N–H and O–H groups in total. The van der Waals surface area contributed by atoms with Gasteiger partial charge in [0.1, 0.15) is 5.82 Å². The number of hydrogen-bond donors (Lipinski definition) is 2. The third-order valence-electron chi connectivity index (χ3n) is 3.01. The van der Waals surface area contributed by atoms with Crippen LogP contribution in [0.25, 0.3) is 0 Å². The molecule has 0 aliphatic heterocycles. The fourth-order valence-electron chi connectivity index (χ4n) is 1.73. The van der Waals surface area contributed by atoms with Crippen LogP contribution in [0.1, 0.15) is 44.9 Å². The first-order valence-corrected chi connectivity index (χ1v) is 6.18. The van der Waals surface area contributed by atoms with E-state index in [1.165, 1.54) is 5.56 Å². The number of pyridine rings is 1. The number of aromatic amines is 1. The van der Waals surface area contributed by atoms with Crippen LogP contribution in [-0.2, 0) is 5.41 Å². The molecule has 0 amide bonds. The van der Waals surface area contributed by atoms with Crippen LogP contribution in [0.4, 0.5) is 5.82 Å². The van der Waals surface area contributed by atoms with Crippen LogP contribution < -0.4 is 5.32 Å². The van der Waals surface area contributed by atoms with Gasteiger partial charge in [0.05, 0.1) is 12.2 Å². The van der Waals surface area contributed by atoms with Crippen LogP contribution >= 0.6 is 0 Å². The van der Waals surface area contributed by atoms with E-state index in [-0.39, 0.29) is 11.5 Å². The quantitative estimate of drug-likeness (QED) is 0.871. The maximum absolute atomic E-state index is 4.45. The summed E-state index contributed by atoms with van der Waals surface area (Å²) >= 11 is 0. The van der Waals surface area contributed by atoms with Crippen molar-refractivity contribution in [1.29, 1.82) is 0 Å². The molecule has 2 aromatic rings. The molecule has 0 aromatic carbocycles. The maximum Gasteiger partial charge on any atom is 0.126 e. The van der Waals surface area contributed by atoms with E-state index in [0.717, 1.165) is 11.4 Å². The van der Waals surface area contributed by atoms with Crippen molar-refractivity contribution in [2.75, 3.05) is 5.32 Å². The van der Waals surface area contributed by atoms with E-state index in [4.69, 9.17) is 0 Å². The van der Waals surface area contributed by atoms with Crippen LogP contribution in [0.3, 0.4) is 0 Å². The van der Waals surface area contributed by atoms with Crippen molar-refractivity contribution < 1.29 is 0 Å². The molecular formula is C14H20N4. The summed E-state index contributed by atoms with van der Waals surface area (Å²) in [6.45, 7) is 8.64. The minimum atomic E-state index is 0.141. The minimum Gasteiger partial charge on any atom is -0.363 e. The van der Waals surface area contributed by atoms with Gasteiger partial charge in [-0.25, -0.2) is 4.98 Å². The second-order valence-corrected chi connectivity index (χ2v) is 5.58. The zero-order valence-electron chi connectivity index (χ0n) is 11.4. The number of rotatable bonds is 3. The first-order chi connectivity index (χ1) is 8.47. The maximum atomic E-state index is 4.45. The van der Waals surface area contributed by atoms with Crippen LogP contribution in [0.15, 0.2) is 30.7 Å². The van der Waals surface area contributed by atoms with Gasteiger partial charge in [-0.15, -0.1) is 0 Å². The number of nitrogens with zero attached hydrogens (tertiary/aromatic N) is 2. The smallest absolute Gasteiger partial charge is 0.126 e. The SMILES string of the molecule is CC(Nc1ccc(C(C)(C)C)cn1)c1cn[nH]c1. The molecule has 18 heavy (non-hydrogen) atoms. The van der Waals surface area contributed by atoms with Gasteiger partial charge >= 0.3 is 0 Å². The summed E-state index contributed by atoms with van der Waals surface area (Å²) in [6, 6.07) is 4.34. The lowest BCUT2D eigenvalue weighted by Crippen LogP contribution is -2.12. The van der Waals surface area contributed by atoms with Gasteiger partial charge in [0.25, 0.3) is 0 Å². The predicted molar refractivity (Wildman–Crippen MR) is 73.6 cm³/mol. The number of hydrogen-bond acceptors (Lipinski definition) is 3. The monoisotopic (exact) mass is 244 g/mol. The molecule has 2 aromatic heterocycles. The summed E-state index contributed by atoms with van der Waals surface area (Å²) < 4.78 is 0. The molecule has 0 saturated carbocycles. The Hall–Kier alpha value is -1.84. The lowest BCUT2D eigenvalue weighted by Gasteiger charge is -2.19. The standard InChI is InChI=1S/C14H20N4/c1-10(11-7-16-17-8-11)18-13-6-5-12(9-15-13)14(2,3)4/h5-10H,1-4H3,(H,15,18)(H,16,17). The molecule has 0 radical (unpaired) electrons. The predicted octanol–water partition coefficient (Wildman–Crippen LogP) is 3.28. The Balaban J connectivity index is 2.07. The Morgan fingerprint density at radius 2 is 2.00 bits per heavy atom. The minimum absolute atomic E-state index is 0.141. The summed E-state index contributed by atoms with van der Waals surface area (Å²) in [5.74, 6) is 0.886. The molecule has 0 fully saturated rings. The number of aromatic nitrogens is 3. The molecular weight excluding hydrogens is 224 g/mol. The molecule has 0 spiro atoms. The van der Waals surface area contributed by atoms with Crippen molar-refractivity contribution in [3.63, 3.8) is 0 Å². The average Bonchev–Trinajstić information content (AvgIpc) is 2.82. The van der Waals surface area contributed by atoms with E-state index in [0.29, 0.717) is 0 Å². The molecule has 1 atom stereocenters. The lowest BCUT2D eigenvalue weighted by molar-refractivity contribution is 0.587. The third kappa shape index (κ3) is 2.88. The Bertz CT molecular complexity index is 480. The molecule has 1 unspecified atom stereocenters. The number of anilines is 1. The molecule has 2 heterocycles. The molecule has 0 aliphatic rings. The summed E-state index contributed by atoms with van der Waals surface area (Å²) in [5.41, 5.74) is 2.50. The highest BCUT2D eigenvalue weighted by Gasteiger charge is 2.14. The summed E-state index contributed by atoms with van der Waals surface area (Å²) in [7, 11) is 0. The first kappa shape index (κ1) is 12.6. The fourth-order valence-corrected chi connectivity index (χ4v) is 1.73. The molecule has 4 nitrogen and oxygen atoms in total. The molecule has 0 bridgehead atoms. The van der Waals surface area contributed by atoms with Crippen molar-refractivity contribution >= 4 is 5.82 Å². The number of H-pyrrole nitrogens is 1. The lowest BCUT2D eigenvalue weighted by atomic mass is 9.88. The Morgan fingerprint density at radius 3 is 2.50 bits per heavy atom. The highest BCUT2D eigenvalue weighted by atomic mass is 15.1. The fraction of sp³-hybridized carbons (Fsp3) is 0.429. The number of nitrogens with one attached hydrogen (secondary N) is 2. The topological polar surface area (TPSA) is 53.6 Å². The second kappa shape index (κ2) is 4.80. The average molecular weight is 244 g/mol. The van der Waals surface area contributed by atoms with Gasteiger partial charge < -0.3 is 5.32 Å².